The molecular weight excluding hydrogens is 250 g/mol. The maximum absolute atomic E-state index is 11.7. The fourth-order valence-corrected chi connectivity index (χ4v) is 2.22. The van der Waals surface area contributed by atoms with E-state index in [0.717, 1.165) is 6.42 Å². The maximum Gasteiger partial charge on any atom is 0.303 e. The van der Waals surface area contributed by atoms with Gasteiger partial charge in [-0.1, -0.05) is 19.9 Å². The molecule has 0 aliphatic carbocycles. The highest BCUT2D eigenvalue weighted by molar-refractivity contribution is 7.12. The van der Waals surface area contributed by atoms with E-state index in [2.05, 4.69) is 5.32 Å². The summed E-state index contributed by atoms with van der Waals surface area (Å²) in [5.74, 6) is -0.829. The number of hydrogen-bond acceptors (Lipinski definition) is 3. The van der Waals surface area contributed by atoms with Crippen LogP contribution in [0.4, 0.5) is 0 Å². The van der Waals surface area contributed by atoms with Crippen LogP contribution < -0.4 is 5.32 Å². The Morgan fingerprint density at radius 3 is 2.67 bits per heavy atom. The van der Waals surface area contributed by atoms with Crippen LogP contribution in [0.2, 0.25) is 0 Å². The molecule has 1 amide bonds. The van der Waals surface area contributed by atoms with Gasteiger partial charge in [0, 0.05) is 13.0 Å². The van der Waals surface area contributed by atoms with Crippen LogP contribution in [0.1, 0.15) is 42.8 Å². The van der Waals surface area contributed by atoms with E-state index >= 15 is 0 Å². The number of carboxylic acid groups (broad SMARTS) is 1. The van der Waals surface area contributed by atoms with Crippen LogP contribution in [0.15, 0.2) is 17.5 Å². The summed E-state index contributed by atoms with van der Waals surface area (Å²) in [7, 11) is 0. The molecule has 0 radical (unpaired) electrons. The molecule has 5 heteroatoms. The average Bonchev–Trinajstić information content (AvgIpc) is 2.79. The lowest BCUT2D eigenvalue weighted by atomic mass is 9.84. The number of amides is 1. The lowest BCUT2D eigenvalue weighted by Gasteiger charge is -2.23. The molecule has 2 N–H and O–H groups in total. The molecule has 0 unspecified atom stereocenters. The molecule has 18 heavy (non-hydrogen) atoms. The number of carbonyl (C=O) groups is 2. The Hall–Kier alpha value is -1.36. The van der Waals surface area contributed by atoms with Gasteiger partial charge in [0.1, 0.15) is 0 Å². The van der Waals surface area contributed by atoms with Gasteiger partial charge in [0.2, 0.25) is 0 Å². The van der Waals surface area contributed by atoms with Crippen molar-refractivity contribution in [1.82, 2.24) is 5.32 Å². The molecule has 0 aliphatic heterocycles. The molecule has 0 bridgehead atoms. The Bertz CT molecular complexity index is 398. The van der Waals surface area contributed by atoms with Crippen molar-refractivity contribution in [3.8, 4) is 0 Å². The topological polar surface area (TPSA) is 66.4 Å². The lowest BCUT2D eigenvalue weighted by Crippen LogP contribution is -2.27. The first kappa shape index (κ1) is 14.7. The summed E-state index contributed by atoms with van der Waals surface area (Å²) in [6, 6.07) is 3.63. The van der Waals surface area contributed by atoms with Crippen molar-refractivity contribution in [3.63, 3.8) is 0 Å². The van der Waals surface area contributed by atoms with Crippen LogP contribution in [0, 0.1) is 5.41 Å². The number of carbonyl (C=O) groups excluding carboxylic acids is 1. The number of rotatable bonds is 7. The fraction of sp³-hybridized carbons (Fsp3) is 0.538. The van der Waals surface area contributed by atoms with Crippen molar-refractivity contribution in [2.24, 2.45) is 5.41 Å². The minimum Gasteiger partial charge on any atom is -0.481 e. The highest BCUT2D eigenvalue weighted by Gasteiger charge is 2.19. The third-order valence-corrected chi connectivity index (χ3v) is 3.72. The zero-order valence-corrected chi connectivity index (χ0v) is 11.5. The Morgan fingerprint density at radius 1 is 1.39 bits per heavy atom. The lowest BCUT2D eigenvalue weighted by molar-refractivity contribution is -0.137. The number of thiophene rings is 1. The van der Waals surface area contributed by atoms with Crippen molar-refractivity contribution in [1.29, 1.82) is 0 Å². The Kier molecular flexibility index (Phi) is 5.34. The molecule has 1 aromatic heterocycles. The molecule has 1 rings (SSSR count). The zero-order chi connectivity index (χ0) is 13.6. The normalized spacial score (nSPS) is 11.2. The first-order valence-electron chi connectivity index (χ1n) is 5.94. The van der Waals surface area contributed by atoms with E-state index < -0.39 is 5.97 Å². The summed E-state index contributed by atoms with van der Waals surface area (Å²) >= 11 is 1.41. The van der Waals surface area contributed by atoms with Crippen molar-refractivity contribution in [2.75, 3.05) is 6.54 Å². The SMILES string of the molecule is CC(C)(CCNC(=O)c1cccs1)CCC(=O)O. The summed E-state index contributed by atoms with van der Waals surface area (Å²) in [4.78, 5) is 22.9. The van der Waals surface area contributed by atoms with E-state index in [0.29, 0.717) is 17.8 Å². The zero-order valence-electron chi connectivity index (χ0n) is 10.7. The van der Waals surface area contributed by atoms with Crippen molar-refractivity contribution in [3.05, 3.63) is 22.4 Å². The van der Waals surface area contributed by atoms with E-state index in [1.807, 2.05) is 25.3 Å². The number of carboxylic acids is 1. The van der Waals surface area contributed by atoms with Gasteiger partial charge in [0.05, 0.1) is 4.88 Å². The van der Waals surface area contributed by atoms with Gasteiger partial charge >= 0.3 is 5.97 Å². The molecular formula is C13H19NO3S. The van der Waals surface area contributed by atoms with Gasteiger partial charge in [-0.05, 0) is 29.7 Å². The van der Waals surface area contributed by atoms with Gasteiger partial charge in [-0.3, -0.25) is 9.59 Å². The minimum absolute atomic E-state index is 0.0564. The molecule has 0 fully saturated rings. The van der Waals surface area contributed by atoms with E-state index in [4.69, 9.17) is 5.11 Å². The van der Waals surface area contributed by atoms with Gasteiger partial charge in [0.25, 0.3) is 5.91 Å². The quantitative estimate of drug-likeness (QED) is 0.800. The first-order valence-corrected chi connectivity index (χ1v) is 6.82. The number of aliphatic carboxylic acids is 1. The van der Waals surface area contributed by atoms with Crippen molar-refractivity contribution >= 4 is 23.2 Å². The van der Waals surface area contributed by atoms with Crippen LogP contribution in [-0.4, -0.2) is 23.5 Å². The summed E-state index contributed by atoms with van der Waals surface area (Å²) in [6.07, 6.45) is 1.57. The van der Waals surface area contributed by atoms with Gasteiger partial charge in [-0.25, -0.2) is 0 Å². The highest BCUT2D eigenvalue weighted by Crippen LogP contribution is 2.26. The first-order chi connectivity index (χ1) is 8.41. The van der Waals surface area contributed by atoms with Crippen LogP contribution in [0.5, 0.6) is 0 Å². The van der Waals surface area contributed by atoms with Gasteiger partial charge in [-0.15, -0.1) is 11.3 Å². The second-order valence-electron chi connectivity index (χ2n) is 5.04. The van der Waals surface area contributed by atoms with Crippen molar-refractivity contribution in [2.45, 2.75) is 33.1 Å². The molecule has 1 heterocycles. The Balaban J connectivity index is 2.28. The minimum atomic E-state index is -0.773. The third kappa shape index (κ3) is 5.31. The summed E-state index contributed by atoms with van der Waals surface area (Å²) in [5.41, 5.74) is -0.0683. The monoisotopic (exact) mass is 269 g/mol. The van der Waals surface area contributed by atoms with E-state index in [1.54, 1.807) is 6.07 Å². The molecule has 0 spiro atoms. The fourth-order valence-electron chi connectivity index (χ4n) is 1.58. The van der Waals surface area contributed by atoms with Crippen LogP contribution in [0.3, 0.4) is 0 Å². The van der Waals surface area contributed by atoms with Gasteiger partial charge in [-0.2, -0.15) is 0 Å². The van der Waals surface area contributed by atoms with Gasteiger partial charge < -0.3 is 10.4 Å². The predicted octanol–water partition coefficient (Wildman–Crippen LogP) is 2.76. The summed E-state index contributed by atoms with van der Waals surface area (Å²) < 4.78 is 0. The Morgan fingerprint density at radius 2 is 2.11 bits per heavy atom. The Labute approximate surface area is 111 Å². The highest BCUT2D eigenvalue weighted by atomic mass is 32.1. The average molecular weight is 269 g/mol. The van der Waals surface area contributed by atoms with E-state index in [-0.39, 0.29) is 17.7 Å². The second kappa shape index (κ2) is 6.54. The molecule has 0 aliphatic rings. The van der Waals surface area contributed by atoms with Crippen LogP contribution in [-0.2, 0) is 4.79 Å². The van der Waals surface area contributed by atoms with E-state index in [1.165, 1.54) is 11.3 Å². The maximum atomic E-state index is 11.7. The standard InChI is InChI=1S/C13H19NO3S/c1-13(2,6-5-11(15)16)7-8-14-12(17)10-4-3-9-18-10/h3-4,9H,5-8H2,1-2H3,(H,14,17)(H,15,16). The molecule has 0 aromatic carbocycles. The summed E-state index contributed by atoms with van der Waals surface area (Å²) in [6.45, 7) is 4.61. The molecule has 0 saturated heterocycles. The largest absolute Gasteiger partial charge is 0.481 e. The molecule has 0 saturated carbocycles. The van der Waals surface area contributed by atoms with Crippen LogP contribution >= 0.6 is 11.3 Å². The molecule has 100 valence electrons. The molecule has 1 aromatic rings. The second-order valence-corrected chi connectivity index (χ2v) is 5.99. The molecule has 0 atom stereocenters. The third-order valence-electron chi connectivity index (χ3n) is 2.85. The number of hydrogen-bond donors (Lipinski definition) is 2. The molecule has 4 nitrogen and oxygen atoms in total. The number of nitrogens with one attached hydrogen (secondary N) is 1. The van der Waals surface area contributed by atoms with Gasteiger partial charge in [0.15, 0.2) is 0 Å². The van der Waals surface area contributed by atoms with Crippen molar-refractivity contribution < 1.29 is 14.7 Å². The smallest absolute Gasteiger partial charge is 0.303 e. The van der Waals surface area contributed by atoms with Crippen LogP contribution in [0.25, 0.3) is 0 Å². The summed E-state index contributed by atoms with van der Waals surface area (Å²) in [5, 5.41) is 13.4. The predicted molar refractivity (Wildman–Crippen MR) is 71.9 cm³/mol. The van der Waals surface area contributed by atoms with E-state index in [9.17, 15) is 9.59 Å².